The molecule has 2 N–H and O–H groups in total. The highest BCUT2D eigenvalue weighted by Crippen LogP contribution is 2.23. The van der Waals surface area contributed by atoms with Crippen LogP contribution in [0.2, 0.25) is 0 Å². The number of nitrogens with zero attached hydrogens (tertiary/aromatic N) is 2. The highest BCUT2D eigenvalue weighted by atomic mass is 32.2. The molecule has 1 aromatic rings. The molecule has 2 aliphatic rings. The summed E-state index contributed by atoms with van der Waals surface area (Å²) in [6.07, 6.45) is 5.17. The topological polar surface area (TPSA) is 39.7 Å². The molecule has 1 aromatic carbocycles. The molecular weight excluding hydrogens is 328 g/mol. The molecule has 5 heteroatoms. The highest BCUT2D eigenvalue weighted by molar-refractivity contribution is 7.99. The molecule has 0 aromatic heterocycles. The van der Waals surface area contributed by atoms with E-state index < -0.39 is 0 Å². The van der Waals surface area contributed by atoms with Crippen LogP contribution in [0, 0.1) is 5.92 Å². The number of piperidine rings is 1. The zero-order chi connectivity index (χ0) is 17.5. The first kappa shape index (κ1) is 18.4. The smallest absolute Gasteiger partial charge is 0.191 e. The molecule has 3 rings (SSSR count). The summed E-state index contributed by atoms with van der Waals surface area (Å²) in [5.74, 6) is 4.28. The van der Waals surface area contributed by atoms with Gasteiger partial charge in [0.05, 0.1) is 0 Å². The molecule has 0 amide bonds. The van der Waals surface area contributed by atoms with E-state index in [0.29, 0.717) is 6.04 Å². The minimum Gasteiger partial charge on any atom is -0.372 e. The van der Waals surface area contributed by atoms with Crippen LogP contribution in [0.3, 0.4) is 0 Å². The fourth-order valence-electron chi connectivity index (χ4n) is 3.52. The van der Waals surface area contributed by atoms with Crippen molar-refractivity contribution in [1.82, 2.24) is 10.6 Å². The molecule has 1 unspecified atom stereocenters. The van der Waals surface area contributed by atoms with Crippen LogP contribution in [0.15, 0.2) is 29.3 Å². The van der Waals surface area contributed by atoms with Gasteiger partial charge in [-0.05, 0) is 55.1 Å². The summed E-state index contributed by atoms with van der Waals surface area (Å²) in [6, 6.07) is 9.56. The Hall–Kier alpha value is -1.36. The normalized spacial score (nSPS) is 22.7. The van der Waals surface area contributed by atoms with Gasteiger partial charge < -0.3 is 15.5 Å². The van der Waals surface area contributed by atoms with E-state index in [9.17, 15) is 0 Å². The first-order chi connectivity index (χ1) is 12.2. The standard InChI is InChI=1S/C20H32N4S/c1-16-9-11-24(12-10-16)19-7-5-17(6-8-19)14-22-20(21-2)23-18-4-3-13-25-15-18/h5-8,16,18H,3-4,9-15H2,1-2H3,(H2,21,22,23). The number of guanidine groups is 1. The van der Waals surface area contributed by atoms with Crippen molar-refractivity contribution in [3.05, 3.63) is 29.8 Å². The zero-order valence-electron chi connectivity index (χ0n) is 15.6. The van der Waals surface area contributed by atoms with Crippen LogP contribution < -0.4 is 15.5 Å². The molecule has 2 saturated heterocycles. The van der Waals surface area contributed by atoms with Gasteiger partial charge in [-0.1, -0.05) is 19.1 Å². The van der Waals surface area contributed by atoms with Gasteiger partial charge in [0.15, 0.2) is 5.96 Å². The van der Waals surface area contributed by atoms with Gasteiger partial charge in [0.2, 0.25) is 0 Å². The van der Waals surface area contributed by atoms with Crippen LogP contribution in [0.5, 0.6) is 0 Å². The van der Waals surface area contributed by atoms with Crippen LogP contribution in [0.1, 0.15) is 38.2 Å². The molecular formula is C20H32N4S. The molecule has 4 nitrogen and oxygen atoms in total. The fraction of sp³-hybridized carbons (Fsp3) is 0.650. The number of thioether (sulfide) groups is 1. The van der Waals surface area contributed by atoms with Crippen molar-refractivity contribution in [2.45, 2.75) is 45.2 Å². The SMILES string of the molecule is CN=C(NCc1ccc(N2CCC(C)CC2)cc1)NC1CCCSC1. The van der Waals surface area contributed by atoms with E-state index in [2.05, 4.69) is 51.7 Å². The molecule has 0 spiro atoms. The Balaban J connectivity index is 1.47. The number of aliphatic imine (C=N–C) groups is 1. The Labute approximate surface area is 156 Å². The van der Waals surface area contributed by atoms with Crippen molar-refractivity contribution in [2.75, 3.05) is 36.5 Å². The highest BCUT2D eigenvalue weighted by Gasteiger charge is 2.16. The Morgan fingerprint density at radius 1 is 1.20 bits per heavy atom. The lowest BCUT2D eigenvalue weighted by Gasteiger charge is -2.32. The maximum absolute atomic E-state index is 4.37. The third-order valence-electron chi connectivity index (χ3n) is 5.27. The third-order valence-corrected chi connectivity index (χ3v) is 6.49. The van der Waals surface area contributed by atoms with Gasteiger partial charge in [0.1, 0.15) is 0 Å². The Bertz CT molecular complexity index is 543. The quantitative estimate of drug-likeness (QED) is 0.637. The Morgan fingerprint density at radius 3 is 2.60 bits per heavy atom. The lowest BCUT2D eigenvalue weighted by atomic mass is 9.99. The molecule has 2 aliphatic heterocycles. The van der Waals surface area contributed by atoms with Crippen LogP contribution in [-0.4, -0.2) is 43.6 Å². The largest absolute Gasteiger partial charge is 0.372 e. The summed E-state index contributed by atoms with van der Waals surface area (Å²) in [7, 11) is 1.85. The molecule has 0 aliphatic carbocycles. The second-order valence-corrected chi connectivity index (χ2v) is 8.47. The van der Waals surface area contributed by atoms with Crippen molar-refractivity contribution in [3.63, 3.8) is 0 Å². The molecule has 2 heterocycles. The van der Waals surface area contributed by atoms with Crippen molar-refractivity contribution in [1.29, 1.82) is 0 Å². The molecule has 2 fully saturated rings. The van der Waals surface area contributed by atoms with Gasteiger partial charge in [0.25, 0.3) is 0 Å². The van der Waals surface area contributed by atoms with E-state index in [0.717, 1.165) is 18.4 Å². The van der Waals surface area contributed by atoms with Crippen LogP contribution >= 0.6 is 11.8 Å². The van der Waals surface area contributed by atoms with Gasteiger partial charge in [-0.25, -0.2) is 0 Å². The summed E-state index contributed by atoms with van der Waals surface area (Å²) < 4.78 is 0. The Kier molecular flexibility index (Phi) is 6.91. The number of rotatable bonds is 4. The summed E-state index contributed by atoms with van der Waals surface area (Å²) in [4.78, 5) is 6.88. The molecule has 25 heavy (non-hydrogen) atoms. The van der Waals surface area contributed by atoms with Crippen molar-refractivity contribution in [3.8, 4) is 0 Å². The van der Waals surface area contributed by atoms with Crippen LogP contribution in [-0.2, 0) is 6.54 Å². The zero-order valence-corrected chi connectivity index (χ0v) is 16.4. The fourth-order valence-corrected chi connectivity index (χ4v) is 4.59. The maximum Gasteiger partial charge on any atom is 0.191 e. The average molecular weight is 361 g/mol. The molecule has 0 saturated carbocycles. The number of hydrogen-bond donors (Lipinski definition) is 2. The van der Waals surface area contributed by atoms with Gasteiger partial charge >= 0.3 is 0 Å². The van der Waals surface area contributed by atoms with Crippen molar-refractivity contribution in [2.24, 2.45) is 10.9 Å². The monoisotopic (exact) mass is 360 g/mol. The van der Waals surface area contributed by atoms with Crippen LogP contribution in [0.25, 0.3) is 0 Å². The van der Waals surface area contributed by atoms with E-state index in [1.54, 1.807) is 0 Å². The number of benzene rings is 1. The van der Waals surface area contributed by atoms with E-state index in [-0.39, 0.29) is 0 Å². The van der Waals surface area contributed by atoms with Crippen LogP contribution in [0.4, 0.5) is 5.69 Å². The van der Waals surface area contributed by atoms with E-state index in [1.807, 2.05) is 18.8 Å². The van der Waals surface area contributed by atoms with Gasteiger partial charge in [-0.2, -0.15) is 11.8 Å². The predicted molar refractivity (Wildman–Crippen MR) is 111 cm³/mol. The molecule has 138 valence electrons. The van der Waals surface area contributed by atoms with Gasteiger partial charge in [-0.15, -0.1) is 0 Å². The first-order valence-corrected chi connectivity index (χ1v) is 10.8. The molecule has 1 atom stereocenters. The number of anilines is 1. The summed E-state index contributed by atoms with van der Waals surface area (Å²) in [6.45, 7) is 5.55. The lowest BCUT2D eigenvalue weighted by Crippen LogP contribution is -2.45. The predicted octanol–water partition coefficient (Wildman–Crippen LogP) is 3.48. The van der Waals surface area contributed by atoms with Gasteiger partial charge in [-0.3, -0.25) is 4.99 Å². The second kappa shape index (κ2) is 9.37. The van der Waals surface area contributed by atoms with Gasteiger partial charge in [0, 0.05) is 44.2 Å². The van der Waals surface area contributed by atoms with E-state index in [1.165, 1.54) is 61.5 Å². The number of nitrogens with one attached hydrogen (secondary N) is 2. The molecule has 0 radical (unpaired) electrons. The minimum atomic E-state index is 0.550. The Morgan fingerprint density at radius 2 is 1.96 bits per heavy atom. The van der Waals surface area contributed by atoms with Crippen molar-refractivity contribution >= 4 is 23.4 Å². The molecule has 0 bridgehead atoms. The maximum atomic E-state index is 4.37. The minimum absolute atomic E-state index is 0.550. The van der Waals surface area contributed by atoms with Crippen molar-refractivity contribution < 1.29 is 0 Å². The first-order valence-electron chi connectivity index (χ1n) is 9.63. The number of hydrogen-bond acceptors (Lipinski definition) is 3. The van der Waals surface area contributed by atoms with E-state index >= 15 is 0 Å². The average Bonchev–Trinajstić information content (AvgIpc) is 2.67. The second-order valence-electron chi connectivity index (χ2n) is 7.32. The van der Waals surface area contributed by atoms with E-state index in [4.69, 9.17) is 0 Å². The lowest BCUT2D eigenvalue weighted by molar-refractivity contribution is 0.438. The summed E-state index contributed by atoms with van der Waals surface area (Å²) in [5, 5.41) is 7.01. The summed E-state index contributed by atoms with van der Waals surface area (Å²) in [5.41, 5.74) is 2.66. The third kappa shape index (κ3) is 5.56. The summed E-state index contributed by atoms with van der Waals surface area (Å²) >= 11 is 2.04.